The van der Waals surface area contributed by atoms with Crippen LogP contribution in [0.5, 0.6) is 0 Å². The first-order chi connectivity index (χ1) is 6.72. The Kier molecular flexibility index (Phi) is 5.86. The van der Waals surface area contributed by atoms with Crippen LogP contribution in [0, 0.1) is 10.8 Å². The van der Waals surface area contributed by atoms with Crippen molar-refractivity contribution in [3.8, 4) is 0 Å². The third kappa shape index (κ3) is 6.93. The van der Waals surface area contributed by atoms with Crippen molar-refractivity contribution in [2.24, 2.45) is 10.8 Å². The molecule has 0 unspecified atom stereocenters. The standard InChI is InChI=1S/C12H23BrO2/c1-6-15-10(14)7-11(2,3)8-12(4,5)9-13/h6-9H2,1-5H3. The second-order valence-corrected chi connectivity index (χ2v) is 6.18. The molecule has 0 aromatic rings. The number of hydrogen-bond acceptors (Lipinski definition) is 2. The Morgan fingerprint density at radius 1 is 1.20 bits per heavy atom. The first kappa shape index (κ1) is 14.9. The molecule has 15 heavy (non-hydrogen) atoms. The molecule has 0 heterocycles. The molecule has 0 bridgehead atoms. The first-order valence-corrected chi connectivity index (χ1v) is 6.56. The van der Waals surface area contributed by atoms with Crippen molar-refractivity contribution >= 4 is 21.9 Å². The van der Waals surface area contributed by atoms with Gasteiger partial charge >= 0.3 is 5.97 Å². The van der Waals surface area contributed by atoms with Gasteiger partial charge in [-0.05, 0) is 24.2 Å². The third-order valence-electron chi connectivity index (χ3n) is 2.25. The average Bonchev–Trinajstić information content (AvgIpc) is 2.01. The van der Waals surface area contributed by atoms with Crippen LogP contribution in [0.4, 0.5) is 0 Å². The number of halogens is 1. The quantitative estimate of drug-likeness (QED) is 0.546. The molecule has 3 heteroatoms. The summed E-state index contributed by atoms with van der Waals surface area (Å²) in [5, 5.41) is 0.951. The number of carbonyl (C=O) groups excluding carboxylic acids is 1. The molecule has 0 radical (unpaired) electrons. The molecule has 90 valence electrons. The Bertz CT molecular complexity index is 210. The average molecular weight is 279 g/mol. The van der Waals surface area contributed by atoms with Gasteiger partial charge in [-0.2, -0.15) is 0 Å². The van der Waals surface area contributed by atoms with Gasteiger partial charge in [0.25, 0.3) is 0 Å². The van der Waals surface area contributed by atoms with Gasteiger partial charge in [-0.15, -0.1) is 0 Å². The van der Waals surface area contributed by atoms with Gasteiger partial charge in [-0.3, -0.25) is 4.79 Å². The number of ether oxygens (including phenoxy) is 1. The molecule has 0 N–H and O–H groups in total. The number of alkyl halides is 1. The zero-order valence-corrected chi connectivity index (χ0v) is 12.1. The molecule has 0 amide bonds. The number of esters is 1. The lowest BCUT2D eigenvalue weighted by atomic mass is 9.74. The Morgan fingerprint density at radius 2 is 1.73 bits per heavy atom. The Hall–Kier alpha value is -0.0500. The molecule has 0 saturated heterocycles. The van der Waals surface area contributed by atoms with Crippen molar-refractivity contribution in [3.63, 3.8) is 0 Å². The van der Waals surface area contributed by atoms with Crippen molar-refractivity contribution < 1.29 is 9.53 Å². The summed E-state index contributed by atoms with van der Waals surface area (Å²) < 4.78 is 4.98. The maximum absolute atomic E-state index is 11.4. The normalized spacial score (nSPS) is 12.7. The minimum atomic E-state index is -0.0899. The maximum atomic E-state index is 11.4. The fourth-order valence-corrected chi connectivity index (χ4v) is 2.21. The Labute approximate surface area is 102 Å². The monoisotopic (exact) mass is 278 g/mol. The lowest BCUT2D eigenvalue weighted by molar-refractivity contribution is -0.145. The molecule has 0 aromatic carbocycles. The minimum Gasteiger partial charge on any atom is -0.466 e. The molecule has 0 spiro atoms. The fourth-order valence-electron chi connectivity index (χ4n) is 2.01. The molecule has 0 saturated carbocycles. The van der Waals surface area contributed by atoms with Crippen molar-refractivity contribution in [1.29, 1.82) is 0 Å². The predicted octanol–water partition coefficient (Wildman–Crippen LogP) is 3.78. The SMILES string of the molecule is CCOC(=O)CC(C)(C)CC(C)(C)CBr. The first-order valence-electron chi connectivity index (χ1n) is 5.44. The van der Waals surface area contributed by atoms with Crippen LogP contribution < -0.4 is 0 Å². The summed E-state index contributed by atoms with van der Waals surface area (Å²) in [6.07, 6.45) is 1.50. The van der Waals surface area contributed by atoms with E-state index in [1.54, 1.807) is 0 Å². The van der Waals surface area contributed by atoms with Gasteiger partial charge in [0, 0.05) is 5.33 Å². The second kappa shape index (κ2) is 5.88. The highest BCUT2D eigenvalue weighted by Crippen LogP contribution is 2.37. The van der Waals surface area contributed by atoms with Crippen LogP contribution >= 0.6 is 15.9 Å². The maximum Gasteiger partial charge on any atom is 0.306 e. The molecule has 0 rings (SSSR count). The van der Waals surface area contributed by atoms with Crippen molar-refractivity contribution in [1.82, 2.24) is 0 Å². The van der Waals surface area contributed by atoms with E-state index in [9.17, 15) is 4.79 Å². The van der Waals surface area contributed by atoms with E-state index < -0.39 is 0 Å². The fraction of sp³-hybridized carbons (Fsp3) is 0.917. The van der Waals surface area contributed by atoms with Crippen LogP contribution in [0.1, 0.15) is 47.5 Å². The summed E-state index contributed by atoms with van der Waals surface area (Å²) in [6.45, 7) is 11.0. The van der Waals surface area contributed by atoms with Gasteiger partial charge in [0.2, 0.25) is 0 Å². The van der Waals surface area contributed by atoms with E-state index in [4.69, 9.17) is 4.74 Å². The predicted molar refractivity (Wildman–Crippen MR) is 67.2 cm³/mol. The Balaban J connectivity index is 4.24. The second-order valence-electron chi connectivity index (χ2n) is 5.62. The number of carbonyl (C=O) groups is 1. The molecule has 0 aliphatic heterocycles. The van der Waals surface area contributed by atoms with Crippen LogP contribution in [0.2, 0.25) is 0 Å². The van der Waals surface area contributed by atoms with Crippen LogP contribution in [0.3, 0.4) is 0 Å². The van der Waals surface area contributed by atoms with E-state index in [0.29, 0.717) is 13.0 Å². The Morgan fingerprint density at radius 3 is 2.13 bits per heavy atom. The summed E-state index contributed by atoms with van der Waals surface area (Å²) in [5.41, 5.74) is 0.222. The molecular formula is C12H23BrO2. The lowest BCUT2D eigenvalue weighted by Crippen LogP contribution is -2.27. The molecular weight excluding hydrogens is 256 g/mol. The summed E-state index contributed by atoms with van der Waals surface area (Å²) in [6, 6.07) is 0. The van der Waals surface area contributed by atoms with E-state index in [0.717, 1.165) is 11.8 Å². The number of rotatable bonds is 6. The molecule has 2 nitrogen and oxygen atoms in total. The van der Waals surface area contributed by atoms with E-state index in [-0.39, 0.29) is 16.8 Å². The van der Waals surface area contributed by atoms with Gasteiger partial charge in [-0.1, -0.05) is 43.6 Å². The van der Waals surface area contributed by atoms with Crippen molar-refractivity contribution in [2.75, 3.05) is 11.9 Å². The van der Waals surface area contributed by atoms with E-state index in [1.807, 2.05) is 6.92 Å². The van der Waals surface area contributed by atoms with Crippen molar-refractivity contribution in [3.05, 3.63) is 0 Å². The van der Waals surface area contributed by atoms with Crippen LogP contribution in [0.25, 0.3) is 0 Å². The highest BCUT2D eigenvalue weighted by molar-refractivity contribution is 9.09. The zero-order chi connectivity index (χ0) is 12.1. The summed E-state index contributed by atoms with van der Waals surface area (Å²) in [5.74, 6) is -0.0899. The van der Waals surface area contributed by atoms with E-state index in [1.165, 1.54) is 0 Å². The smallest absolute Gasteiger partial charge is 0.306 e. The third-order valence-corrected chi connectivity index (χ3v) is 3.77. The van der Waals surface area contributed by atoms with Crippen LogP contribution in [-0.2, 0) is 9.53 Å². The highest BCUT2D eigenvalue weighted by Gasteiger charge is 2.30. The minimum absolute atomic E-state index is 0.00350. The summed E-state index contributed by atoms with van der Waals surface area (Å²) >= 11 is 3.50. The largest absolute Gasteiger partial charge is 0.466 e. The van der Waals surface area contributed by atoms with Gasteiger partial charge in [-0.25, -0.2) is 0 Å². The van der Waals surface area contributed by atoms with Crippen LogP contribution in [-0.4, -0.2) is 17.9 Å². The van der Waals surface area contributed by atoms with E-state index >= 15 is 0 Å². The molecule has 0 aliphatic carbocycles. The molecule has 0 atom stereocenters. The van der Waals surface area contributed by atoms with Gasteiger partial charge in [0.05, 0.1) is 13.0 Å². The van der Waals surface area contributed by atoms with E-state index in [2.05, 4.69) is 43.6 Å². The number of hydrogen-bond donors (Lipinski definition) is 0. The van der Waals surface area contributed by atoms with Gasteiger partial charge < -0.3 is 4.74 Å². The highest BCUT2D eigenvalue weighted by atomic mass is 79.9. The molecule has 0 aliphatic rings. The molecule has 0 aromatic heterocycles. The summed E-state index contributed by atoms with van der Waals surface area (Å²) in [4.78, 5) is 11.4. The molecule has 0 fully saturated rings. The lowest BCUT2D eigenvalue weighted by Gasteiger charge is -2.33. The zero-order valence-electron chi connectivity index (χ0n) is 10.5. The topological polar surface area (TPSA) is 26.3 Å². The summed E-state index contributed by atoms with van der Waals surface area (Å²) in [7, 11) is 0. The van der Waals surface area contributed by atoms with Gasteiger partial charge in [0.15, 0.2) is 0 Å². The van der Waals surface area contributed by atoms with Crippen LogP contribution in [0.15, 0.2) is 0 Å². The van der Waals surface area contributed by atoms with Gasteiger partial charge in [0.1, 0.15) is 0 Å². The van der Waals surface area contributed by atoms with Crippen molar-refractivity contribution in [2.45, 2.75) is 47.5 Å².